The summed E-state index contributed by atoms with van der Waals surface area (Å²) in [7, 11) is 0. The number of morpholine rings is 1. The number of nitrogens with zero attached hydrogens (tertiary/aromatic N) is 1. The number of ether oxygens (including phenoxy) is 1. The van der Waals surface area contributed by atoms with Crippen molar-refractivity contribution >= 4 is 5.97 Å². The maximum absolute atomic E-state index is 10.6. The minimum absolute atomic E-state index is 0.0570. The van der Waals surface area contributed by atoms with Gasteiger partial charge in [-0.15, -0.1) is 0 Å². The van der Waals surface area contributed by atoms with Gasteiger partial charge >= 0.3 is 5.97 Å². The Balaban J connectivity index is 1.86. The fourth-order valence-corrected chi connectivity index (χ4v) is 1.89. The van der Waals surface area contributed by atoms with Crippen LogP contribution in [0.2, 0.25) is 0 Å². The van der Waals surface area contributed by atoms with Gasteiger partial charge in [0.25, 0.3) is 0 Å². The zero-order valence-corrected chi connectivity index (χ0v) is 10.8. The first kappa shape index (κ1) is 13.6. The van der Waals surface area contributed by atoms with E-state index in [-0.39, 0.29) is 6.42 Å². The van der Waals surface area contributed by atoms with E-state index in [1.807, 2.05) is 24.3 Å². The van der Waals surface area contributed by atoms with Gasteiger partial charge in [0.15, 0.2) is 0 Å². The Bertz CT molecular complexity index is 478. The second-order valence-electron chi connectivity index (χ2n) is 4.46. The average molecular weight is 259 g/mol. The van der Waals surface area contributed by atoms with Crippen molar-refractivity contribution in [2.75, 3.05) is 32.8 Å². The summed E-state index contributed by atoms with van der Waals surface area (Å²) in [5, 5.41) is 8.68. The van der Waals surface area contributed by atoms with Gasteiger partial charge in [-0.1, -0.05) is 24.0 Å². The smallest absolute Gasteiger partial charge is 0.307 e. The van der Waals surface area contributed by atoms with Crippen molar-refractivity contribution < 1.29 is 14.6 Å². The van der Waals surface area contributed by atoms with Crippen molar-refractivity contribution in [3.63, 3.8) is 0 Å². The highest BCUT2D eigenvalue weighted by atomic mass is 16.5. The van der Waals surface area contributed by atoms with Crippen molar-refractivity contribution in [1.29, 1.82) is 0 Å². The van der Waals surface area contributed by atoms with Crippen LogP contribution in [0.4, 0.5) is 0 Å². The van der Waals surface area contributed by atoms with Crippen molar-refractivity contribution in [3.8, 4) is 11.8 Å². The Morgan fingerprint density at radius 2 is 1.95 bits per heavy atom. The molecule has 0 radical (unpaired) electrons. The van der Waals surface area contributed by atoms with Crippen LogP contribution in [0.1, 0.15) is 11.1 Å². The first-order valence-corrected chi connectivity index (χ1v) is 6.34. The molecule has 100 valence electrons. The average Bonchev–Trinajstić information content (AvgIpc) is 2.41. The first-order chi connectivity index (χ1) is 9.24. The molecule has 19 heavy (non-hydrogen) atoms. The molecule has 1 saturated heterocycles. The molecule has 1 aliphatic rings. The Labute approximate surface area is 113 Å². The van der Waals surface area contributed by atoms with Gasteiger partial charge in [-0.25, -0.2) is 0 Å². The van der Waals surface area contributed by atoms with Gasteiger partial charge in [-0.05, 0) is 17.7 Å². The Hall–Kier alpha value is -1.83. The molecule has 1 N–H and O–H groups in total. The van der Waals surface area contributed by atoms with Crippen LogP contribution in [0.15, 0.2) is 24.3 Å². The third-order valence-corrected chi connectivity index (χ3v) is 2.95. The number of carboxylic acid groups (broad SMARTS) is 1. The predicted octanol–water partition coefficient (Wildman–Crippen LogP) is 0.997. The lowest BCUT2D eigenvalue weighted by atomic mass is 10.1. The third-order valence-electron chi connectivity index (χ3n) is 2.95. The number of benzene rings is 1. The van der Waals surface area contributed by atoms with Crippen LogP contribution < -0.4 is 0 Å². The predicted molar refractivity (Wildman–Crippen MR) is 71.9 cm³/mol. The molecule has 0 aliphatic carbocycles. The van der Waals surface area contributed by atoms with Gasteiger partial charge in [0.1, 0.15) is 0 Å². The minimum Gasteiger partial charge on any atom is -0.481 e. The van der Waals surface area contributed by atoms with E-state index >= 15 is 0 Å². The number of carbonyl (C=O) groups is 1. The van der Waals surface area contributed by atoms with E-state index in [9.17, 15) is 4.79 Å². The van der Waals surface area contributed by atoms with Crippen LogP contribution in [0.5, 0.6) is 0 Å². The Morgan fingerprint density at radius 3 is 2.58 bits per heavy atom. The lowest BCUT2D eigenvalue weighted by molar-refractivity contribution is -0.136. The largest absolute Gasteiger partial charge is 0.481 e. The maximum atomic E-state index is 10.6. The van der Waals surface area contributed by atoms with E-state index in [1.165, 1.54) is 0 Å². The van der Waals surface area contributed by atoms with Crippen LogP contribution in [0, 0.1) is 11.8 Å². The van der Waals surface area contributed by atoms with Crippen molar-refractivity contribution in [3.05, 3.63) is 35.4 Å². The normalized spacial score (nSPS) is 15.6. The summed E-state index contributed by atoms with van der Waals surface area (Å²) in [6.45, 7) is 4.19. The number of aliphatic carboxylic acids is 1. The van der Waals surface area contributed by atoms with E-state index in [2.05, 4.69) is 16.7 Å². The van der Waals surface area contributed by atoms with Gasteiger partial charge < -0.3 is 9.84 Å². The summed E-state index contributed by atoms with van der Waals surface area (Å²) in [5.74, 6) is 5.41. The van der Waals surface area contributed by atoms with Crippen LogP contribution in [-0.4, -0.2) is 48.8 Å². The highest BCUT2D eigenvalue weighted by Gasteiger charge is 2.07. The molecule has 0 saturated carbocycles. The van der Waals surface area contributed by atoms with E-state index < -0.39 is 5.97 Å². The monoisotopic (exact) mass is 259 g/mol. The van der Waals surface area contributed by atoms with Crippen LogP contribution >= 0.6 is 0 Å². The Kier molecular flexibility index (Phi) is 4.96. The number of carboxylic acids is 1. The maximum Gasteiger partial charge on any atom is 0.307 e. The molecule has 0 bridgehead atoms. The molecule has 2 rings (SSSR count). The molecule has 1 heterocycles. The van der Waals surface area contributed by atoms with Crippen LogP contribution in [0.3, 0.4) is 0 Å². The van der Waals surface area contributed by atoms with Crippen molar-refractivity contribution in [2.24, 2.45) is 0 Å². The number of hydrogen-bond donors (Lipinski definition) is 1. The molecule has 0 aromatic heterocycles. The number of hydrogen-bond acceptors (Lipinski definition) is 3. The van der Waals surface area contributed by atoms with Gasteiger partial charge in [-0.2, -0.15) is 0 Å². The van der Waals surface area contributed by atoms with Gasteiger partial charge in [0.05, 0.1) is 26.2 Å². The lowest BCUT2D eigenvalue weighted by Gasteiger charge is -2.24. The summed E-state index contributed by atoms with van der Waals surface area (Å²) >= 11 is 0. The Morgan fingerprint density at radius 1 is 1.26 bits per heavy atom. The molecule has 1 aromatic carbocycles. The molecular formula is C15H17NO3. The third kappa shape index (κ3) is 4.74. The molecule has 4 heteroatoms. The molecule has 0 spiro atoms. The summed E-state index contributed by atoms with van der Waals surface area (Å²) in [4.78, 5) is 12.8. The first-order valence-electron chi connectivity index (χ1n) is 6.34. The van der Waals surface area contributed by atoms with E-state index in [0.29, 0.717) is 0 Å². The molecule has 1 aromatic rings. The number of rotatable bonds is 3. The lowest BCUT2D eigenvalue weighted by Crippen LogP contribution is -2.36. The van der Waals surface area contributed by atoms with Gasteiger partial charge in [-0.3, -0.25) is 9.69 Å². The van der Waals surface area contributed by atoms with E-state index in [1.54, 1.807) is 0 Å². The fourth-order valence-electron chi connectivity index (χ4n) is 1.89. The summed E-state index contributed by atoms with van der Waals surface area (Å²) in [6, 6.07) is 7.36. The quantitative estimate of drug-likeness (QED) is 0.823. The molecule has 4 nitrogen and oxygen atoms in total. The summed E-state index contributed by atoms with van der Waals surface area (Å²) < 4.78 is 5.27. The molecule has 0 unspecified atom stereocenters. The highest BCUT2D eigenvalue weighted by molar-refractivity contribution is 5.70. The second kappa shape index (κ2) is 6.93. The van der Waals surface area contributed by atoms with Crippen LogP contribution in [-0.2, 0) is 16.0 Å². The zero-order valence-electron chi connectivity index (χ0n) is 10.8. The molecule has 0 amide bonds. The second-order valence-corrected chi connectivity index (χ2v) is 4.46. The summed E-state index contributed by atoms with van der Waals surface area (Å²) in [6.07, 6.45) is 0.0570. The SMILES string of the molecule is O=C(O)Cc1ccc(C#CCN2CCOCC2)cc1. The highest BCUT2D eigenvalue weighted by Crippen LogP contribution is 2.04. The topological polar surface area (TPSA) is 49.8 Å². The molecule has 1 fully saturated rings. The summed E-state index contributed by atoms with van der Waals surface area (Å²) in [5.41, 5.74) is 1.72. The van der Waals surface area contributed by atoms with Gasteiger partial charge in [0, 0.05) is 18.7 Å². The molecule has 1 aliphatic heterocycles. The van der Waals surface area contributed by atoms with E-state index in [4.69, 9.17) is 9.84 Å². The molecular weight excluding hydrogens is 242 g/mol. The van der Waals surface area contributed by atoms with Crippen LogP contribution in [0.25, 0.3) is 0 Å². The minimum atomic E-state index is -0.814. The molecule has 0 atom stereocenters. The standard InChI is InChI=1S/C15H17NO3/c17-15(18)12-14-5-3-13(4-6-14)2-1-7-16-8-10-19-11-9-16/h3-6H,7-12H2,(H,17,18). The zero-order chi connectivity index (χ0) is 13.5. The van der Waals surface area contributed by atoms with Crippen molar-refractivity contribution in [2.45, 2.75) is 6.42 Å². The van der Waals surface area contributed by atoms with E-state index in [0.717, 1.165) is 44.0 Å². The van der Waals surface area contributed by atoms with Gasteiger partial charge in [0.2, 0.25) is 0 Å². The fraction of sp³-hybridized carbons (Fsp3) is 0.400. The van der Waals surface area contributed by atoms with Crippen molar-refractivity contribution in [1.82, 2.24) is 4.90 Å².